The van der Waals surface area contributed by atoms with Gasteiger partial charge in [0.05, 0.1) is 32.4 Å². The highest BCUT2D eigenvalue weighted by Gasteiger charge is 2.63. The summed E-state index contributed by atoms with van der Waals surface area (Å²) in [6, 6.07) is 18.1. The molecule has 3 aromatic rings. The lowest BCUT2D eigenvalue weighted by atomic mass is 9.68. The van der Waals surface area contributed by atoms with Gasteiger partial charge in [-0.3, -0.25) is 4.79 Å². The van der Waals surface area contributed by atoms with E-state index >= 15 is 0 Å². The number of thiophene rings is 1. The Hall–Kier alpha value is -4.07. The number of hydrogen-bond acceptors (Lipinski definition) is 7. The smallest absolute Gasteiger partial charge is 0.186 e. The van der Waals surface area contributed by atoms with Gasteiger partial charge in [0.25, 0.3) is 0 Å². The van der Waals surface area contributed by atoms with E-state index in [0.29, 0.717) is 17.1 Å². The zero-order valence-corrected chi connectivity index (χ0v) is 19.5. The quantitative estimate of drug-likeness (QED) is 0.481. The van der Waals surface area contributed by atoms with Crippen LogP contribution in [0.1, 0.15) is 39.0 Å². The number of hydrogen-bond donors (Lipinski definition) is 0. The molecule has 0 radical (unpaired) electrons. The van der Waals surface area contributed by atoms with Crippen molar-refractivity contribution in [3.8, 4) is 23.6 Å². The first-order valence-electron chi connectivity index (χ1n) is 10.7. The van der Waals surface area contributed by atoms with Gasteiger partial charge in [0.1, 0.15) is 6.04 Å². The lowest BCUT2D eigenvalue weighted by Crippen LogP contribution is -2.37. The first-order chi connectivity index (χ1) is 16.6. The molecule has 7 heteroatoms. The second-order valence-corrected chi connectivity index (χ2v) is 9.08. The second-order valence-electron chi connectivity index (χ2n) is 8.30. The molecule has 1 aromatic heterocycles. The molecule has 1 saturated heterocycles. The first kappa shape index (κ1) is 21.8. The molecule has 3 unspecified atom stereocenters. The van der Waals surface area contributed by atoms with E-state index in [9.17, 15) is 15.3 Å². The Morgan fingerprint density at radius 3 is 2.50 bits per heavy atom. The number of fused-ring (bicyclic) bond motifs is 3. The monoisotopic (exact) mass is 467 g/mol. The Balaban J connectivity index is 1.72. The molecule has 2 aromatic carbocycles. The van der Waals surface area contributed by atoms with Crippen LogP contribution in [0.2, 0.25) is 0 Å². The Kier molecular flexibility index (Phi) is 5.36. The van der Waals surface area contributed by atoms with Gasteiger partial charge in [-0.2, -0.15) is 21.9 Å². The van der Waals surface area contributed by atoms with Crippen molar-refractivity contribution < 1.29 is 14.3 Å². The number of ether oxygens (including phenoxy) is 2. The number of carbonyl (C=O) groups excluding carboxylic acids is 1. The maximum atomic E-state index is 14.1. The van der Waals surface area contributed by atoms with Crippen molar-refractivity contribution in [1.82, 2.24) is 4.90 Å². The van der Waals surface area contributed by atoms with Crippen molar-refractivity contribution in [2.75, 3.05) is 14.2 Å². The number of methoxy groups -OCH3 is 2. The zero-order valence-electron chi connectivity index (χ0n) is 18.6. The number of Topliss-reactive ketones (excluding diaryl/α,β-unsaturated/α-hetero) is 1. The van der Waals surface area contributed by atoms with Crippen molar-refractivity contribution in [1.29, 1.82) is 10.5 Å². The molecule has 2 aliphatic rings. The molecule has 34 heavy (non-hydrogen) atoms. The lowest BCUT2D eigenvalue weighted by molar-refractivity contribution is 0.0874. The van der Waals surface area contributed by atoms with E-state index in [4.69, 9.17) is 9.47 Å². The predicted octanol–water partition coefficient (Wildman–Crippen LogP) is 5.18. The van der Waals surface area contributed by atoms with Gasteiger partial charge in [-0.15, -0.1) is 0 Å². The third-order valence-corrected chi connectivity index (χ3v) is 7.48. The van der Waals surface area contributed by atoms with Crippen LogP contribution in [-0.4, -0.2) is 30.9 Å². The van der Waals surface area contributed by atoms with Crippen LogP contribution < -0.4 is 9.47 Å². The molecule has 1 fully saturated rings. The molecule has 168 valence electrons. The number of benzene rings is 2. The minimum absolute atomic E-state index is 0.182. The van der Waals surface area contributed by atoms with Crippen molar-refractivity contribution in [3.05, 3.63) is 87.7 Å². The number of ketones is 1. The van der Waals surface area contributed by atoms with Crippen LogP contribution >= 0.6 is 11.3 Å². The van der Waals surface area contributed by atoms with E-state index in [1.807, 2.05) is 58.3 Å². The SMILES string of the molecule is COc1ccc(C(=O)C2C(c3ccsc3)C(C#N)(C#N)C3c4ccccc4C=CN23)cc1OC. The van der Waals surface area contributed by atoms with Crippen LogP contribution in [0, 0.1) is 28.1 Å². The summed E-state index contributed by atoms with van der Waals surface area (Å²) in [5, 5.41) is 24.8. The maximum absolute atomic E-state index is 14.1. The highest BCUT2D eigenvalue weighted by Crippen LogP contribution is 2.60. The van der Waals surface area contributed by atoms with Crippen LogP contribution in [0.15, 0.2) is 65.5 Å². The predicted molar refractivity (Wildman–Crippen MR) is 128 cm³/mol. The summed E-state index contributed by atoms with van der Waals surface area (Å²) in [6.07, 6.45) is 3.79. The minimum Gasteiger partial charge on any atom is -0.493 e. The molecular formula is C27H21N3O3S. The Bertz CT molecular complexity index is 1350. The van der Waals surface area contributed by atoms with Gasteiger partial charge in [-0.1, -0.05) is 24.3 Å². The molecule has 3 atom stereocenters. The number of carbonyl (C=O) groups is 1. The van der Waals surface area contributed by atoms with Gasteiger partial charge < -0.3 is 14.4 Å². The van der Waals surface area contributed by atoms with Gasteiger partial charge in [0, 0.05) is 17.7 Å². The number of nitrogens with zero attached hydrogens (tertiary/aromatic N) is 3. The third kappa shape index (κ3) is 3.02. The topological polar surface area (TPSA) is 86.3 Å². The summed E-state index contributed by atoms with van der Waals surface area (Å²) < 4.78 is 10.7. The van der Waals surface area contributed by atoms with Gasteiger partial charge in [0.2, 0.25) is 0 Å². The van der Waals surface area contributed by atoms with Gasteiger partial charge in [-0.25, -0.2) is 0 Å². The molecular weight excluding hydrogens is 446 g/mol. The number of rotatable bonds is 5. The summed E-state index contributed by atoms with van der Waals surface area (Å²) in [4.78, 5) is 16.0. The molecule has 0 aliphatic carbocycles. The number of nitriles is 2. The van der Waals surface area contributed by atoms with Gasteiger partial charge in [0.15, 0.2) is 22.7 Å². The summed E-state index contributed by atoms with van der Waals surface area (Å²) in [7, 11) is 3.06. The van der Waals surface area contributed by atoms with Gasteiger partial charge in [-0.05, 0) is 57.8 Å². The maximum Gasteiger partial charge on any atom is 0.186 e. The fraction of sp³-hybridized carbons (Fsp3) is 0.222. The summed E-state index contributed by atoms with van der Waals surface area (Å²) >= 11 is 1.48. The van der Waals surface area contributed by atoms with Crippen LogP contribution in [0.3, 0.4) is 0 Å². The van der Waals surface area contributed by atoms with Crippen molar-refractivity contribution in [2.45, 2.75) is 18.0 Å². The minimum atomic E-state index is -1.46. The Morgan fingerprint density at radius 1 is 1.06 bits per heavy atom. The second kappa shape index (κ2) is 8.37. The third-order valence-electron chi connectivity index (χ3n) is 6.78. The normalized spacial score (nSPS) is 21.6. The molecule has 0 spiro atoms. The molecule has 0 bridgehead atoms. The van der Waals surface area contributed by atoms with E-state index in [2.05, 4.69) is 12.1 Å². The molecule has 0 N–H and O–H groups in total. The van der Waals surface area contributed by atoms with Crippen molar-refractivity contribution >= 4 is 23.2 Å². The fourth-order valence-electron chi connectivity index (χ4n) is 5.28. The van der Waals surface area contributed by atoms with Crippen LogP contribution in [0.25, 0.3) is 6.08 Å². The summed E-state index contributed by atoms with van der Waals surface area (Å²) in [6.45, 7) is 0. The largest absolute Gasteiger partial charge is 0.493 e. The molecule has 2 aliphatic heterocycles. The van der Waals surface area contributed by atoms with E-state index in [1.165, 1.54) is 25.6 Å². The molecule has 3 heterocycles. The zero-order chi connectivity index (χ0) is 23.9. The van der Waals surface area contributed by atoms with Crippen molar-refractivity contribution in [3.63, 3.8) is 0 Å². The van der Waals surface area contributed by atoms with Crippen LogP contribution in [-0.2, 0) is 0 Å². The average molecular weight is 468 g/mol. The highest BCUT2D eigenvalue weighted by molar-refractivity contribution is 7.08. The molecule has 6 nitrogen and oxygen atoms in total. The molecule has 5 rings (SSSR count). The van der Waals surface area contributed by atoms with E-state index in [-0.39, 0.29) is 5.78 Å². The Morgan fingerprint density at radius 2 is 1.82 bits per heavy atom. The summed E-state index contributed by atoms with van der Waals surface area (Å²) in [5.41, 5.74) is 1.60. The standard InChI is InChI=1S/C27H21N3O3S/c1-32-21-8-7-18(13-22(21)33-2)25(31)24-23(19-10-12-34-14-19)27(15-28,16-29)26-20-6-4-3-5-17(20)9-11-30(24)26/h3-14,23-24,26H,1-2H3. The van der Waals surface area contributed by atoms with E-state index < -0.39 is 23.4 Å². The summed E-state index contributed by atoms with van der Waals surface area (Å²) in [5.74, 6) is 0.142. The fourth-order valence-corrected chi connectivity index (χ4v) is 5.98. The van der Waals surface area contributed by atoms with Crippen LogP contribution in [0.5, 0.6) is 11.5 Å². The van der Waals surface area contributed by atoms with E-state index in [1.54, 1.807) is 18.2 Å². The highest BCUT2D eigenvalue weighted by atomic mass is 32.1. The van der Waals surface area contributed by atoms with E-state index in [0.717, 1.165) is 16.7 Å². The first-order valence-corrected chi connectivity index (χ1v) is 11.7. The Labute approximate surface area is 201 Å². The van der Waals surface area contributed by atoms with Crippen molar-refractivity contribution in [2.24, 2.45) is 5.41 Å². The average Bonchev–Trinajstić information content (AvgIpc) is 3.52. The van der Waals surface area contributed by atoms with Gasteiger partial charge >= 0.3 is 0 Å². The van der Waals surface area contributed by atoms with Crippen LogP contribution in [0.4, 0.5) is 0 Å². The lowest BCUT2D eigenvalue weighted by Gasteiger charge is -2.34. The molecule has 0 saturated carbocycles. The molecule has 0 amide bonds.